The maximum Gasteiger partial charge on any atom is 0.119 e. The van der Waals surface area contributed by atoms with Gasteiger partial charge in [0.1, 0.15) is 30.8 Å². The average Bonchev–Trinajstić information content (AvgIpc) is 3.49. The summed E-state index contributed by atoms with van der Waals surface area (Å²) in [5.74, 6) is 2.00. The molecular formula is C21H26O4S. The van der Waals surface area contributed by atoms with Gasteiger partial charge >= 0.3 is 0 Å². The Kier molecular flexibility index (Phi) is 6.12. The van der Waals surface area contributed by atoms with Crippen molar-refractivity contribution in [3.05, 3.63) is 59.7 Å². The van der Waals surface area contributed by atoms with E-state index in [-0.39, 0.29) is 18.1 Å². The number of benzene rings is 2. The standard InChI is InChI=1S/C21H26O4S/c1-21(2,15-3-7-18(8-4-15)23-11-17(22)14-26)16-5-9-19(10-6-16)24-12-20-13-25-20/h3-10,17,20,22,26H,11-14H2,1-2H3. The van der Waals surface area contributed by atoms with Gasteiger partial charge in [-0.05, 0) is 35.4 Å². The van der Waals surface area contributed by atoms with Crippen molar-refractivity contribution in [1.82, 2.24) is 0 Å². The maximum atomic E-state index is 9.53. The van der Waals surface area contributed by atoms with Crippen molar-refractivity contribution in [1.29, 1.82) is 0 Å². The van der Waals surface area contributed by atoms with Crippen LogP contribution in [0.4, 0.5) is 0 Å². The Bertz CT molecular complexity index is 693. The average molecular weight is 375 g/mol. The first-order valence-corrected chi connectivity index (χ1v) is 9.49. The van der Waals surface area contributed by atoms with E-state index >= 15 is 0 Å². The summed E-state index contributed by atoms with van der Waals surface area (Å²) in [7, 11) is 0. The van der Waals surface area contributed by atoms with Gasteiger partial charge in [-0.2, -0.15) is 12.6 Å². The van der Waals surface area contributed by atoms with E-state index in [2.05, 4.69) is 50.7 Å². The zero-order chi connectivity index (χ0) is 18.6. The third-order valence-corrected chi connectivity index (χ3v) is 5.06. The summed E-state index contributed by atoms with van der Waals surface area (Å²) in [6.45, 7) is 6.06. The van der Waals surface area contributed by atoms with E-state index in [4.69, 9.17) is 14.2 Å². The first kappa shape index (κ1) is 19.1. The Morgan fingerprint density at radius 1 is 1.04 bits per heavy atom. The minimum atomic E-state index is -0.554. The van der Waals surface area contributed by atoms with Gasteiger partial charge in [0.2, 0.25) is 0 Å². The minimum Gasteiger partial charge on any atom is -0.491 e. The van der Waals surface area contributed by atoms with E-state index in [1.54, 1.807) is 0 Å². The van der Waals surface area contributed by atoms with Gasteiger partial charge in [0.15, 0.2) is 0 Å². The number of ether oxygens (including phenoxy) is 3. The van der Waals surface area contributed by atoms with Gasteiger partial charge in [-0.25, -0.2) is 0 Å². The van der Waals surface area contributed by atoms with Crippen LogP contribution in [0.1, 0.15) is 25.0 Å². The van der Waals surface area contributed by atoms with Crippen LogP contribution >= 0.6 is 12.6 Å². The Morgan fingerprint density at radius 3 is 2.00 bits per heavy atom. The van der Waals surface area contributed by atoms with Crippen LogP contribution in [0.5, 0.6) is 11.5 Å². The van der Waals surface area contributed by atoms with E-state index in [0.29, 0.717) is 12.4 Å². The van der Waals surface area contributed by atoms with Crippen molar-refractivity contribution in [2.24, 2.45) is 0 Å². The van der Waals surface area contributed by atoms with Crippen molar-refractivity contribution < 1.29 is 19.3 Å². The Labute approximate surface area is 160 Å². The molecule has 140 valence electrons. The van der Waals surface area contributed by atoms with E-state index in [0.717, 1.165) is 18.1 Å². The van der Waals surface area contributed by atoms with Crippen LogP contribution < -0.4 is 9.47 Å². The highest BCUT2D eigenvalue weighted by molar-refractivity contribution is 7.80. The number of aliphatic hydroxyl groups is 1. The summed E-state index contributed by atoms with van der Waals surface area (Å²) in [5.41, 5.74) is 2.27. The molecular weight excluding hydrogens is 348 g/mol. The molecule has 2 unspecified atom stereocenters. The van der Waals surface area contributed by atoms with Gasteiger partial charge in [-0.1, -0.05) is 38.1 Å². The molecule has 0 aromatic heterocycles. The molecule has 1 N–H and O–H groups in total. The van der Waals surface area contributed by atoms with Crippen LogP contribution in [0.3, 0.4) is 0 Å². The van der Waals surface area contributed by atoms with Crippen LogP contribution in [0.2, 0.25) is 0 Å². The predicted octanol–water partition coefficient (Wildman–Crippen LogP) is 3.46. The predicted molar refractivity (Wildman–Crippen MR) is 106 cm³/mol. The van der Waals surface area contributed by atoms with Crippen LogP contribution in [-0.4, -0.2) is 42.9 Å². The number of thiol groups is 1. The topological polar surface area (TPSA) is 51.2 Å². The largest absolute Gasteiger partial charge is 0.491 e. The lowest BCUT2D eigenvalue weighted by Crippen LogP contribution is -2.20. The summed E-state index contributed by atoms with van der Waals surface area (Å²) < 4.78 is 16.4. The summed E-state index contributed by atoms with van der Waals surface area (Å²) >= 11 is 4.04. The molecule has 2 atom stereocenters. The first-order chi connectivity index (χ1) is 12.5. The molecule has 2 aromatic rings. The lowest BCUT2D eigenvalue weighted by molar-refractivity contribution is 0.126. The number of epoxide rings is 1. The van der Waals surface area contributed by atoms with Crippen LogP contribution in [0.15, 0.2) is 48.5 Å². The molecule has 1 fully saturated rings. The molecule has 5 heteroatoms. The molecule has 0 saturated carbocycles. The molecule has 2 aromatic carbocycles. The summed E-state index contributed by atoms with van der Waals surface area (Å²) in [6.07, 6.45) is -0.289. The van der Waals surface area contributed by atoms with Gasteiger partial charge in [0, 0.05) is 11.2 Å². The van der Waals surface area contributed by atoms with Crippen LogP contribution in [-0.2, 0) is 10.2 Å². The molecule has 4 nitrogen and oxygen atoms in total. The lowest BCUT2D eigenvalue weighted by atomic mass is 9.78. The Morgan fingerprint density at radius 2 is 1.54 bits per heavy atom. The fourth-order valence-corrected chi connectivity index (χ4v) is 2.81. The Balaban J connectivity index is 1.64. The van der Waals surface area contributed by atoms with Gasteiger partial charge in [0.25, 0.3) is 0 Å². The smallest absolute Gasteiger partial charge is 0.119 e. The van der Waals surface area contributed by atoms with Crippen molar-refractivity contribution in [3.8, 4) is 11.5 Å². The SMILES string of the molecule is CC(C)(c1ccc(OCC(O)CS)cc1)c1ccc(OCC2CO2)cc1. The second-order valence-corrected chi connectivity index (χ2v) is 7.45. The minimum absolute atomic E-state index is 0.138. The van der Waals surface area contributed by atoms with Crippen molar-refractivity contribution >= 4 is 12.6 Å². The van der Waals surface area contributed by atoms with E-state index in [1.165, 1.54) is 11.1 Å². The highest BCUT2D eigenvalue weighted by atomic mass is 32.1. The highest BCUT2D eigenvalue weighted by Crippen LogP contribution is 2.33. The zero-order valence-corrected chi connectivity index (χ0v) is 16.1. The number of aliphatic hydroxyl groups excluding tert-OH is 1. The molecule has 3 rings (SSSR count). The fraction of sp³-hybridized carbons (Fsp3) is 0.429. The highest BCUT2D eigenvalue weighted by Gasteiger charge is 2.24. The molecule has 0 radical (unpaired) electrons. The van der Waals surface area contributed by atoms with Crippen molar-refractivity contribution in [2.45, 2.75) is 31.5 Å². The molecule has 0 amide bonds. The molecule has 1 saturated heterocycles. The lowest BCUT2D eigenvalue weighted by Gasteiger charge is -2.26. The second kappa shape index (κ2) is 8.33. The fourth-order valence-electron chi connectivity index (χ4n) is 2.70. The van der Waals surface area contributed by atoms with Gasteiger partial charge in [-0.15, -0.1) is 0 Å². The monoisotopic (exact) mass is 374 g/mol. The quantitative estimate of drug-likeness (QED) is 0.521. The molecule has 1 aliphatic rings. The summed E-state index contributed by atoms with van der Waals surface area (Å²) in [4.78, 5) is 0. The first-order valence-electron chi connectivity index (χ1n) is 8.86. The van der Waals surface area contributed by atoms with E-state index in [9.17, 15) is 5.11 Å². The van der Waals surface area contributed by atoms with Crippen LogP contribution in [0.25, 0.3) is 0 Å². The van der Waals surface area contributed by atoms with Gasteiger partial charge in [0.05, 0.1) is 12.7 Å². The molecule has 0 bridgehead atoms. The van der Waals surface area contributed by atoms with E-state index in [1.807, 2.05) is 24.3 Å². The summed E-state index contributed by atoms with van der Waals surface area (Å²) in [6, 6.07) is 16.2. The van der Waals surface area contributed by atoms with Gasteiger partial charge < -0.3 is 19.3 Å². The molecule has 0 spiro atoms. The Hall–Kier alpha value is -1.69. The maximum absolute atomic E-state index is 9.53. The third-order valence-electron chi connectivity index (χ3n) is 4.64. The molecule has 26 heavy (non-hydrogen) atoms. The van der Waals surface area contributed by atoms with Gasteiger partial charge in [-0.3, -0.25) is 0 Å². The normalized spacial score (nSPS) is 17.6. The molecule has 1 aliphatic heterocycles. The second-order valence-electron chi connectivity index (χ2n) is 7.09. The number of hydrogen-bond donors (Lipinski definition) is 2. The number of hydrogen-bond acceptors (Lipinski definition) is 5. The zero-order valence-electron chi connectivity index (χ0n) is 15.2. The van der Waals surface area contributed by atoms with Crippen molar-refractivity contribution in [3.63, 3.8) is 0 Å². The third kappa shape index (κ3) is 4.93. The van der Waals surface area contributed by atoms with Crippen molar-refractivity contribution in [2.75, 3.05) is 25.6 Å². The molecule has 0 aliphatic carbocycles. The number of rotatable bonds is 9. The van der Waals surface area contributed by atoms with E-state index < -0.39 is 6.10 Å². The summed E-state index contributed by atoms with van der Waals surface area (Å²) in [5, 5.41) is 9.53. The molecule has 1 heterocycles. The van der Waals surface area contributed by atoms with Crippen LogP contribution in [0, 0.1) is 0 Å².